The number of anilines is 1. The van der Waals surface area contributed by atoms with Crippen LogP contribution in [0, 0.1) is 0 Å². The van der Waals surface area contributed by atoms with Gasteiger partial charge in [-0.1, -0.05) is 29.5 Å². The Hall–Kier alpha value is -2.69. The number of thiazole rings is 1. The molecule has 7 nitrogen and oxygen atoms in total. The van der Waals surface area contributed by atoms with Crippen molar-refractivity contribution in [2.24, 2.45) is 4.99 Å². The van der Waals surface area contributed by atoms with Gasteiger partial charge in [-0.2, -0.15) is 4.99 Å². The summed E-state index contributed by atoms with van der Waals surface area (Å²) in [7, 11) is 0. The van der Waals surface area contributed by atoms with Crippen molar-refractivity contribution in [2.75, 3.05) is 23.4 Å². The molecule has 0 spiro atoms. The number of carbonyl (C=O) groups is 3. The molecule has 0 unspecified atom stereocenters. The number of amides is 2. The van der Waals surface area contributed by atoms with Crippen molar-refractivity contribution in [1.29, 1.82) is 0 Å². The van der Waals surface area contributed by atoms with Crippen LogP contribution in [0.25, 0.3) is 10.2 Å². The van der Waals surface area contributed by atoms with Crippen LogP contribution in [0.3, 0.4) is 0 Å². The van der Waals surface area contributed by atoms with Crippen molar-refractivity contribution in [3.8, 4) is 0 Å². The number of allylic oxidation sites excluding steroid dienone is 1. The lowest BCUT2D eigenvalue weighted by Gasteiger charge is -2.07. The second kappa shape index (κ2) is 11.2. The largest absolute Gasteiger partial charge is 0.462 e. The number of hydrogen-bond donors (Lipinski definition) is 1. The number of nitrogens with zero attached hydrogens (tertiary/aromatic N) is 2. The topological polar surface area (TPSA) is 89.8 Å². The molecule has 0 bridgehead atoms. The van der Waals surface area contributed by atoms with Crippen LogP contribution < -0.4 is 10.1 Å². The molecule has 0 radical (unpaired) electrons. The maximum atomic E-state index is 12.5. The summed E-state index contributed by atoms with van der Waals surface area (Å²) < 4.78 is 8.20. The Balaban J connectivity index is 1.39. The van der Waals surface area contributed by atoms with Crippen LogP contribution in [0.4, 0.5) is 5.00 Å². The van der Waals surface area contributed by atoms with E-state index in [0.29, 0.717) is 21.9 Å². The van der Waals surface area contributed by atoms with E-state index in [2.05, 4.69) is 16.9 Å². The van der Waals surface area contributed by atoms with Crippen molar-refractivity contribution in [3.05, 3.63) is 57.7 Å². The van der Waals surface area contributed by atoms with E-state index in [4.69, 9.17) is 4.74 Å². The van der Waals surface area contributed by atoms with Gasteiger partial charge < -0.3 is 14.6 Å². The summed E-state index contributed by atoms with van der Waals surface area (Å²) in [6.45, 7) is 6.39. The summed E-state index contributed by atoms with van der Waals surface area (Å²) in [5, 5.41) is 3.39. The van der Waals surface area contributed by atoms with E-state index in [1.54, 1.807) is 13.0 Å². The van der Waals surface area contributed by atoms with E-state index in [1.807, 2.05) is 28.8 Å². The van der Waals surface area contributed by atoms with Gasteiger partial charge in [-0.05, 0) is 43.9 Å². The lowest BCUT2D eigenvalue weighted by Crippen LogP contribution is -2.19. The summed E-state index contributed by atoms with van der Waals surface area (Å²) >= 11 is 4.09. The highest BCUT2D eigenvalue weighted by Crippen LogP contribution is 2.39. The highest BCUT2D eigenvalue weighted by atomic mass is 32.2. The molecular formula is C24H25N3O4S3. The Kier molecular flexibility index (Phi) is 8.02. The summed E-state index contributed by atoms with van der Waals surface area (Å²) in [6, 6.07) is 7.88. The molecule has 2 heterocycles. The van der Waals surface area contributed by atoms with Gasteiger partial charge in [-0.25, -0.2) is 4.79 Å². The molecule has 2 amide bonds. The Morgan fingerprint density at radius 3 is 2.85 bits per heavy atom. The number of para-hydroxylation sites is 1. The predicted molar refractivity (Wildman–Crippen MR) is 139 cm³/mol. The van der Waals surface area contributed by atoms with Crippen molar-refractivity contribution in [1.82, 2.24) is 4.57 Å². The van der Waals surface area contributed by atoms with Crippen LogP contribution in [0.5, 0.6) is 0 Å². The van der Waals surface area contributed by atoms with Crippen molar-refractivity contribution in [3.63, 3.8) is 0 Å². The Labute approximate surface area is 209 Å². The van der Waals surface area contributed by atoms with Crippen LogP contribution in [0.2, 0.25) is 0 Å². The fraction of sp³-hybridized carbons (Fsp3) is 0.333. The first-order chi connectivity index (χ1) is 16.5. The zero-order chi connectivity index (χ0) is 24.1. The second-order valence-electron chi connectivity index (χ2n) is 7.58. The third-order valence-electron chi connectivity index (χ3n) is 5.23. The van der Waals surface area contributed by atoms with Gasteiger partial charge in [0.15, 0.2) is 4.80 Å². The molecule has 0 atom stereocenters. The standard InChI is InChI=1S/C24H25N3O4S3/c1-3-12-27-16-9-5-6-10-18(16)34-24(27)26-20(29)14-32-13-19(28)25-22-21(23(30)31-4-2)15-8-7-11-17(15)33-22/h3,5-6,9-10H,1,4,7-8,11-14H2,2H3,(H,25,28). The van der Waals surface area contributed by atoms with E-state index in [-0.39, 0.29) is 29.9 Å². The van der Waals surface area contributed by atoms with Gasteiger partial charge in [-0.3, -0.25) is 9.59 Å². The number of fused-ring (bicyclic) bond motifs is 2. The number of thiophene rings is 1. The zero-order valence-electron chi connectivity index (χ0n) is 18.8. The molecule has 1 aromatic carbocycles. The molecule has 34 heavy (non-hydrogen) atoms. The normalized spacial score (nSPS) is 13.1. The van der Waals surface area contributed by atoms with Crippen LogP contribution in [-0.2, 0) is 33.7 Å². The summed E-state index contributed by atoms with van der Waals surface area (Å²) in [5.74, 6) is -0.779. The molecule has 1 aliphatic rings. The molecule has 178 valence electrons. The number of esters is 1. The molecular weight excluding hydrogens is 490 g/mol. The van der Waals surface area contributed by atoms with Gasteiger partial charge in [0.25, 0.3) is 5.91 Å². The van der Waals surface area contributed by atoms with Gasteiger partial charge in [0.1, 0.15) is 5.00 Å². The maximum Gasteiger partial charge on any atom is 0.341 e. The molecule has 10 heteroatoms. The number of nitrogens with one attached hydrogen (secondary N) is 1. The van der Waals surface area contributed by atoms with E-state index in [0.717, 1.165) is 39.9 Å². The molecule has 2 aromatic heterocycles. The van der Waals surface area contributed by atoms with Crippen molar-refractivity contribution < 1.29 is 19.1 Å². The average Bonchev–Trinajstić information content (AvgIpc) is 3.47. The number of benzene rings is 1. The minimum Gasteiger partial charge on any atom is -0.462 e. The molecule has 0 aliphatic heterocycles. The number of thioether (sulfide) groups is 1. The van der Waals surface area contributed by atoms with Gasteiger partial charge in [0, 0.05) is 11.4 Å². The van der Waals surface area contributed by atoms with E-state index in [9.17, 15) is 14.4 Å². The first kappa shape index (κ1) is 24.4. The number of hydrogen-bond acceptors (Lipinski definition) is 7. The quantitative estimate of drug-likeness (QED) is 0.337. The van der Waals surface area contributed by atoms with Gasteiger partial charge in [-0.15, -0.1) is 29.7 Å². The first-order valence-electron chi connectivity index (χ1n) is 11.0. The Morgan fingerprint density at radius 2 is 2.06 bits per heavy atom. The third kappa shape index (κ3) is 5.34. The molecule has 1 N–H and O–H groups in total. The van der Waals surface area contributed by atoms with E-state index >= 15 is 0 Å². The smallest absolute Gasteiger partial charge is 0.341 e. The molecule has 1 aliphatic carbocycles. The Bertz CT molecular complexity index is 1320. The van der Waals surface area contributed by atoms with Crippen LogP contribution >= 0.6 is 34.4 Å². The third-order valence-corrected chi connectivity index (χ3v) is 8.42. The lowest BCUT2D eigenvalue weighted by atomic mass is 10.1. The minimum absolute atomic E-state index is 0.0848. The van der Waals surface area contributed by atoms with Gasteiger partial charge >= 0.3 is 5.97 Å². The average molecular weight is 516 g/mol. The summed E-state index contributed by atoms with van der Waals surface area (Å²) in [5.41, 5.74) is 2.49. The lowest BCUT2D eigenvalue weighted by molar-refractivity contribution is -0.115. The second-order valence-corrected chi connectivity index (χ2v) is 10.7. The van der Waals surface area contributed by atoms with Crippen LogP contribution in [0.15, 0.2) is 41.9 Å². The molecule has 4 rings (SSSR count). The van der Waals surface area contributed by atoms with Crippen LogP contribution in [0.1, 0.15) is 34.1 Å². The number of rotatable bonds is 9. The van der Waals surface area contributed by atoms with Gasteiger partial charge in [0.05, 0.1) is 33.9 Å². The monoisotopic (exact) mass is 515 g/mol. The molecule has 0 saturated carbocycles. The molecule has 0 fully saturated rings. The number of aromatic nitrogens is 1. The first-order valence-corrected chi connectivity index (χ1v) is 13.8. The number of aryl methyl sites for hydroxylation is 1. The highest BCUT2D eigenvalue weighted by Gasteiger charge is 2.28. The molecule has 0 saturated heterocycles. The van der Waals surface area contributed by atoms with E-state index < -0.39 is 5.97 Å². The fourth-order valence-corrected chi connectivity index (χ4v) is 6.80. The van der Waals surface area contributed by atoms with Crippen molar-refractivity contribution in [2.45, 2.75) is 32.7 Å². The van der Waals surface area contributed by atoms with Gasteiger partial charge in [0.2, 0.25) is 5.91 Å². The summed E-state index contributed by atoms with van der Waals surface area (Å²) in [4.78, 5) is 43.5. The predicted octanol–water partition coefficient (Wildman–Crippen LogP) is 4.41. The van der Waals surface area contributed by atoms with Crippen molar-refractivity contribution >= 4 is 67.4 Å². The maximum absolute atomic E-state index is 12.5. The number of ether oxygens (including phenoxy) is 1. The SMILES string of the molecule is C=CCn1c(=NC(=O)CSCC(=O)Nc2sc3c(c2C(=O)OCC)CCC3)sc2ccccc21. The van der Waals surface area contributed by atoms with E-state index in [1.165, 1.54) is 34.4 Å². The number of carbonyl (C=O) groups excluding carboxylic acids is 3. The highest BCUT2D eigenvalue weighted by molar-refractivity contribution is 8.00. The fourth-order valence-electron chi connectivity index (χ4n) is 3.86. The van der Waals surface area contributed by atoms with Crippen LogP contribution in [-0.4, -0.2) is 40.5 Å². The zero-order valence-corrected chi connectivity index (χ0v) is 21.2. The minimum atomic E-state index is -0.394. The summed E-state index contributed by atoms with van der Waals surface area (Å²) in [6.07, 6.45) is 4.52. The molecule has 3 aromatic rings. The Morgan fingerprint density at radius 1 is 1.24 bits per heavy atom.